The summed E-state index contributed by atoms with van der Waals surface area (Å²) in [4.78, 5) is 0.981. The van der Waals surface area contributed by atoms with Crippen molar-refractivity contribution in [2.24, 2.45) is 0 Å². The lowest BCUT2D eigenvalue weighted by molar-refractivity contribution is -0.128. The summed E-state index contributed by atoms with van der Waals surface area (Å²) in [7, 11) is 0. The Kier molecular flexibility index (Phi) is 6.31. The number of aliphatic hydroxyl groups is 5. The van der Waals surface area contributed by atoms with Crippen molar-refractivity contribution in [2.45, 2.75) is 66.0 Å². The highest BCUT2D eigenvalue weighted by Crippen LogP contribution is 2.39. The van der Waals surface area contributed by atoms with E-state index in [0.29, 0.717) is 6.61 Å². The summed E-state index contributed by atoms with van der Waals surface area (Å²) in [6.45, 7) is 1.87. The summed E-state index contributed by atoms with van der Waals surface area (Å²) in [6.07, 6.45) is -4.35. The van der Waals surface area contributed by atoms with Crippen molar-refractivity contribution >= 4 is 11.8 Å². The first-order valence-corrected chi connectivity index (χ1v) is 10.6. The number of hydrogen-bond donors (Lipinski definition) is 6. The number of hydrogen-bond acceptors (Lipinski definition) is 9. The third kappa shape index (κ3) is 4.12. The van der Waals surface area contributed by atoms with Crippen molar-refractivity contribution in [3.05, 3.63) is 41.5 Å². The van der Waals surface area contributed by atoms with Crippen LogP contribution < -0.4 is 5.32 Å². The molecule has 0 saturated carbocycles. The minimum absolute atomic E-state index is 0.220. The number of nitrogens with one attached hydrogen (secondary N) is 1. The fourth-order valence-corrected chi connectivity index (χ4v) is 5.22. The fraction of sp³-hybridized carbons (Fsp3) is 0.600. The largest absolute Gasteiger partial charge is 0.392 e. The van der Waals surface area contributed by atoms with Crippen LogP contribution in [0.15, 0.2) is 40.8 Å². The number of aryl methyl sites for hydroxylation is 1. The zero-order chi connectivity index (χ0) is 20.7. The van der Waals surface area contributed by atoms with Crippen LogP contribution >= 0.6 is 11.8 Å². The first-order chi connectivity index (χ1) is 13.9. The van der Waals surface area contributed by atoms with E-state index in [1.165, 1.54) is 17.8 Å². The number of rotatable bonds is 5. The van der Waals surface area contributed by atoms with Gasteiger partial charge in [-0.05, 0) is 24.6 Å². The Morgan fingerprint density at radius 2 is 1.79 bits per heavy atom. The fourth-order valence-electron chi connectivity index (χ4n) is 4.05. The van der Waals surface area contributed by atoms with Crippen LogP contribution in [0.1, 0.15) is 5.56 Å². The Morgan fingerprint density at radius 1 is 1.07 bits per heavy atom. The highest BCUT2D eigenvalue weighted by Gasteiger charge is 2.51. The van der Waals surface area contributed by atoms with Crippen molar-refractivity contribution < 1.29 is 35.0 Å². The lowest BCUT2D eigenvalue weighted by Crippen LogP contribution is -2.64. The molecule has 1 aromatic carbocycles. The molecule has 160 valence electrons. The predicted octanol–water partition coefficient (Wildman–Crippen LogP) is -1.09. The maximum absolute atomic E-state index is 11.1. The highest BCUT2D eigenvalue weighted by atomic mass is 32.2. The van der Waals surface area contributed by atoms with Crippen molar-refractivity contribution in [3.63, 3.8) is 0 Å². The molecule has 0 amide bonds. The Hall–Kier alpha value is -1.01. The van der Waals surface area contributed by atoms with Gasteiger partial charge in [-0.1, -0.05) is 23.8 Å². The normalized spacial score (nSPS) is 42.0. The van der Waals surface area contributed by atoms with Gasteiger partial charge in [0.25, 0.3) is 0 Å². The van der Waals surface area contributed by atoms with Crippen LogP contribution in [-0.2, 0) is 9.47 Å². The molecule has 3 aliphatic rings. The first kappa shape index (κ1) is 21.2. The molecule has 6 N–H and O–H groups in total. The maximum Gasteiger partial charge on any atom is 0.172 e. The van der Waals surface area contributed by atoms with Gasteiger partial charge in [0.15, 0.2) is 6.29 Å². The molecule has 9 heteroatoms. The number of ether oxygens (including phenoxy) is 2. The molecule has 2 saturated heterocycles. The van der Waals surface area contributed by atoms with E-state index < -0.39 is 55.5 Å². The van der Waals surface area contributed by atoms with Gasteiger partial charge in [-0.2, -0.15) is 0 Å². The summed E-state index contributed by atoms with van der Waals surface area (Å²) in [5, 5.41) is 53.7. The molecule has 2 fully saturated rings. The molecule has 2 heterocycles. The minimum Gasteiger partial charge on any atom is -0.392 e. The van der Waals surface area contributed by atoms with Crippen molar-refractivity contribution in [3.8, 4) is 0 Å². The topological polar surface area (TPSA) is 132 Å². The van der Waals surface area contributed by atoms with Crippen LogP contribution in [0, 0.1) is 6.92 Å². The van der Waals surface area contributed by atoms with E-state index in [0.717, 1.165) is 10.5 Å². The standard InChI is InChI=1S/C20H27NO7S/c1-9-2-4-11(5-3-9)29-19-17(25)14(13-8-27-20(19)28-13)21-12-6-10(7-22)15(23)18(26)16(12)24/h2-6,12-26H,7-8H2,1H3. The van der Waals surface area contributed by atoms with Gasteiger partial charge in [-0.15, -0.1) is 11.8 Å². The molecular weight excluding hydrogens is 398 g/mol. The number of fused-ring (bicyclic) bond motifs is 2. The smallest absolute Gasteiger partial charge is 0.172 e. The lowest BCUT2D eigenvalue weighted by Gasteiger charge is -2.42. The Morgan fingerprint density at radius 3 is 2.48 bits per heavy atom. The molecule has 2 aliphatic heterocycles. The van der Waals surface area contributed by atoms with E-state index in [2.05, 4.69) is 5.32 Å². The summed E-state index contributed by atoms with van der Waals surface area (Å²) < 4.78 is 11.7. The Balaban J connectivity index is 1.52. The second kappa shape index (κ2) is 8.62. The van der Waals surface area contributed by atoms with Gasteiger partial charge in [-0.3, -0.25) is 0 Å². The molecule has 0 spiro atoms. The van der Waals surface area contributed by atoms with E-state index >= 15 is 0 Å². The molecule has 29 heavy (non-hydrogen) atoms. The van der Waals surface area contributed by atoms with Gasteiger partial charge in [0.05, 0.1) is 36.7 Å². The van der Waals surface area contributed by atoms with Crippen LogP contribution in [0.4, 0.5) is 0 Å². The van der Waals surface area contributed by atoms with E-state index in [1.807, 2.05) is 31.2 Å². The third-order valence-corrected chi connectivity index (χ3v) is 7.10. The second-order valence-corrected chi connectivity index (χ2v) is 9.06. The van der Waals surface area contributed by atoms with E-state index in [9.17, 15) is 25.5 Å². The molecular formula is C20H27NO7S. The van der Waals surface area contributed by atoms with Crippen molar-refractivity contribution in [1.82, 2.24) is 5.32 Å². The van der Waals surface area contributed by atoms with Gasteiger partial charge < -0.3 is 40.3 Å². The third-order valence-electron chi connectivity index (χ3n) is 5.78. The van der Waals surface area contributed by atoms with E-state index in [-0.39, 0.29) is 10.8 Å². The van der Waals surface area contributed by atoms with E-state index in [4.69, 9.17) is 9.47 Å². The molecule has 1 aliphatic carbocycles. The lowest BCUT2D eigenvalue weighted by atomic mass is 9.87. The van der Waals surface area contributed by atoms with E-state index in [1.54, 1.807) is 0 Å². The molecule has 0 aromatic heterocycles. The minimum atomic E-state index is -1.44. The molecule has 2 bridgehead atoms. The van der Waals surface area contributed by atoms with Crippen LogP contribution in [0.3, 0.4) is 0 Å². The van der Waals surface area contributed by atoms with Gasteiger partial charge in [0, 0.05) is 4.90 Å². The average Bonchev–Trinajstić information content (AvgIpc) is 3.16. The quantitative estimate of drug-likeness (QED) is 0.326. The number of benzene rings is 1. The van der Waals surface area contributed by atoms with Crippen LogP contribution in [-0.4, -0.2) is 92.9 Å². The maximum atomic E-state index is 11.1. The van der Waals surface area contributed by atoms with Gasteiger partial charge >= 0.3 is 0 Å². The van der Waals surface area contributed by atoms with Crippen LogP contribution in [0.25, 0.3) is 0 Å². The van der Waals surface area contributed by atoms with Crippen molar-refractivity contribution in [1.29, 1.82) is 0 Å². The predicted molar refractivity (Wildman–Crippen MR) is 105 cm³/mol. The number of thioether (sulfide) groups is 1. The SMILES string of the molecule is Cc1ccc(SC2C3OCC(O3)C(NC3C=C(CO)C(O)C(O)C3O)C2O)cc1. The van der Waals surface area contributed by atoms with Crippen LogP contribution in [0.5, 0.6) is 0 Å². The van der Waals surface area contributed by atoms with Crippen LogP contribution in [0.2, 0.25) is 0 Å². The second-order valence-electron chi connectivity index (χ2n) is 7.81. The summed E-state index contributed by atoms with van der Waals surface area (Å²) in [5.74, 6) is 0. The Bertz CT molecular complexity index is 745. The molecule has 9 atom stereocenters. The monoisotopic (exact) mass is 425 g/mol. The highest BCUT2D eigenvalue weighted by molar-refractivity contribution is 8.00. The summed E-state index contributed by atoms with van der Waals surface area (Å²) >= 11 is 1.47. The van der Waals surface area contributed by atoms with Crippen molar-refractivity contribution in [2.75, 3.05) is 13.2 Å². The molecule has 4 rings (SSSR count). The summed E-state index contributed by atoms with van der Waals surface area (Å²) in [6, 6.07) is 6.64. The van der Waals surface area contributed by atoms with Gasteiger partial charge in [-0.25, -0.2) is 0 Å². The molecule has 1 aromatic rings. The Labute approximate surface area is 173 Å². The zero-order valence-corrected chi connectivity index (χ0v) is 16.8. The summed E-state index contributed by atoms with van der Waals surface area (Å²) in [5.41, 5.74) is 1.36. The first-order valence-electron chi connectivity index (χ1n) is 9.69. The molecule has 9 unspecified atom stereocenters. The van der Waals surface area contributed by atoms with Gasteiger partial charge in [0.2, 0.25) is 0 Å². The molecule has 8 nitrogen and oxygen atoms in total. The van der Waals surface area contributed by atoms with Gasteiger partial charge in [0.1, 0.15) is 24.4 Å². The number of aliphatic hydroxyl groups excluding tert-OH is 5. The molecule has 0 radical (unpaired) electrons. The zero-order valence-electron chi connectivity index (χ0n) is 16.0. The average molecular weight is 426 g/mol.